The molecule has 0 aliphatic carbocycles. The second kappa shape index (κ2) is 7.08. The molecule has 0 unspecified atom stereocenters. The van der Waals surface area contributed by atoms with Crippen molar-refractivity contribution < 1.29 is 14.9 Å². The molecule has 2 rings (SSSR count). The molecule has 0 aromatic carbocycles. The SMILES string of the molecule is COCc1ncc(CN2CCC[C@](O)(CO)CC2)cn1. The summed E-state index contributed by atoms with van der Waals surface area (Å²) in [7, 11) is 1.62. The third-order valence-electron chi connectivity index (χ3n) is 3.74. The Morgan fingerprint density at radius 1 is 1.30 bits per heavy atom. The minimum Gasteiger partial charge on any atom is -0.393 e. The van der Waals surface area contributed by atoms with E-state index in [-0.39, 0.29) is 6.61 Å². The Hall–Kier alpha value is -1.08. The molecule has 2 heterocycles. The molecule has 20 heavy (non-hydrogen) atoms. The summed E-state index contributed by atoms with van der Waals surface area (Å²) >= 11 is 0. The molecule has 1 fully saturated rings. The molecule has 1 aromatic rings. The summed E-state index contributed by atoms with van der Waals surface area (Å²) in [5.74, 6) is 0.682. The standard InChI is InChI=1S/C14H23N3O3/c1-20-10-13-15-7-12(8-16-13)9-17-5-2-3-14(19,11-18)4-6-17/h7-8,18-19H,2-6,9-11H2,1H3/t14-/m1/s1. The highest BCUT2D eigenvalue weighted by atomic mass is 16.5. The van der Waals surface area contributed by atoms with Gasteiger partial charge in [0, 0.05) is 38.2 Å². The van der Waals surface area contributed by atoms with Gasteiger partial charge in [0.1, 0.15) is 6.61 Å². The minimum atomic E-state index is -0.909. The predicted molar refractivity (Wildman–Crippen MR) is 73.9 cm³/mol. The summed E-state index contributed by atoms with van der Waals surface area (Å²) in [4.78, 5) is 10.8. The van der Waals surface area contributed by atoms with Crippen LogP contribution in [0.15, 0.2) is 12.4 Å². The fourth-order valence-corrected chi connectivity index (χ4v) is 2.48. The number of rotatable bonds is 5. The molecule has 1 atom stereocenters. The molecule has 112 valence electrons. The molecule has 1 aliphatic rings. The number of aromatic nitrogens is 2. The van der Waals surface area contributed by atoms with Gasteiger partial charge in [0.05, 0.1) is 12.2 Å². The van der Waals surface area contributed by atoms with Gasteiger partial charge >= 0.3 is 0 Å². The van der Waals surface area contributed by atoms with Gasteiger partial charge < -0.3 is 14.9 Å². The van der Waals surface area contributed by atoms with Crippen LogP contribution in [0.25, 0.3) is 0 Å². The van der Waals surface area contributed by atoms with E-state index in [1.165, 1.54) is 0 Å². The summed E-state index contributed by atoms with van der Waals surface area (Å²) in [5, 5.41) is 19.4. The van der Waals surface area contributed by atoms with Gasteiger partial charge in [-0.1, -0.05) is 0 Å². The molecule has 6 nitrogen and oxygen atoms in total. The zero-order valence-corrected chi connectivity index (χ0v) is 12.0. The Morgan fingerprint density at radius 3 is 2.70 bits per heavy atom. The van der Waals surface area contributed by atoms with Crippen molar-refractivity contribution >= 4 is 0 Å². The third-order valence-corrected chi connectivity index (χ3v) is 3.74. The second-order valence-corrected chi connectivity index (χ2v) is 5.45. The van der Waals surface area contributed by atoms with Gasteiger partial charge in [-0.2, -0.15) is 0 Å². The normalized spacial score (nSPS) is 24.6. The van der Waals surface area contributed by atoms with Gasteiger partial charge in [0.15, 0.2) is 5.82 Å². The van der Waals surface area contributed by atoms with Crippen molar-refractivity contribution in [3.63, 3.8) is 0 Å². The molecular formula is C14H23N3O3. The first kappa shape index (κ1) is 15.3. The number of hydrogen-bond acceptors (Lipinski definition) is 6. The zero-order valence-electron chi connectivity index (χ0n) is 12.0. The van der Waals surface area contributed by atoms with E-state index in [9.17, 15) is 10.2 Å². The van der Waals surface area contributed by atoms with E-state index < -0.39 is 5.60 Å². The van der Waals surface area contributed by atoms with E-state index in [1.807, 2.05) is 12.4 Å². The lowest BCUT2D eigenvalue weighted by Crippen LogP contribution is -2.34. The Labute approximate surface area is 119 Å². The van der Waals surface area contributed by atoms with Crippen molar-refractivity contribution in [1.82, 2.24) is 14.9 Å². The largest absolute Gasteiger partial charge is 0.393 e. The van der Waals surface area contributed by atoms with E-state index in [0.717, 1.165) is 31.6 Å². The first-order chi connectivity index (χ1) is 9.65. The maximum absolute atomic E-state index is 10.1. The van der Waals surface area contributed by atoms with E-state index in [1.54, 1.807) is 7.11 Å². The molecule has 0 radical (unpaired) electrons. The van der Waals surface area contributed by atoms with E-state index >= 15 is 0 Å². The molecular weight excluding hydrogens is 258 g/mol. The Balaban J connectivity index is 1.89. The Kier molecular flexibility index (Phi) is 5.42. The molecule has 2 N–H and O–H groups in total. The van der Waals surface area contributed by atoms with Crippen molar-refractivity contribution in [2.24, 2.45) is 0 Å². The van der Waals surface area contributed by atoms with Gasteiger partial charge in [-0.15, -0.1) is 0 Å². The van der Waals surface area contributed by atoms with Gasteiger partial charge in [0.25, 0.3) is 0 Å². The molecule has 6 heteroatoms. The van der Waals surface area contributed by atoms with Crippen LogP contribution in [0.5, 0.6) is 0 Å². The maximum atomic E-state index is 10.1. The second-order valence-electron chi connectivity index (χ2n) is 5.45. The predicted octanol–water partition coefficient (Wildman–Crippen LogP) is 0.332. The van der Waals surface area contributed by atoms with Gasteiger partial charge in [-0.05, 0) is 25.8 Å². The van der Waals surface area contributed by atoms with Crippen LogP contribution in [0.4, 0.5) is 0 Å². The molecule has 0 spiro atoms. The fourth-order valence-electron chi connectivity index (χ4n) is 2.48. The Bertz CT molecular complexity index is 413. The fraction of sp³-hybridized carbons (Fsp3) is 0.714. The number of aliphatic hydroxyl groups is 2. The number of methoxy groups -OCH3 is 1. The van der Waals surface area contributed by atoms with E-state index in [2.05, 4.69) is 14.9 Å². The first-order valence-electron chi connectivity index (χ1n) is 6.99. The van der Waals surface area contributed by atoms with Gasteiger partial charge in [-0.3, -0.25) is 4.90 Å². The van der Waals surface area contributed by atoms with Crippen LogP contribution >= 0.6 is 0 Å². The van der Waals surface area contributed by atoms with Crippen LogP contribution in [-0.2, 0) is 17.9 Å². The van der Waals surface area contributed by atoms with Crippen molar-refractivity contribution in [2.75, 3.05) is 26.8 Å². The maximum Gasteiger partial charge on any atom is 0.153 e. The summed E-state index contributed by atoms with van der Waals surface area (Å²) in [6.07, 6.45) is 5.80. The quantitative estimate of drug-likeness (QED) is 0.810. The van der Waals surface area contributed by atoms with Crippen LogP contribution in [0.2, 0.25) is 0 Å². The highest BCUT2D eigenvalue weighted by Gasteiger charge is 2.29. The van der Waals surface area contributed by atoms with Crippen LogP contribution in [0, 0.1) is 0 Å². The first-order valence-corrected chi connectivity index (χ1v) is 6.99. The van der Waals surface area contributed by atoms with Gasteiger partial charge in [0.2, 0.25) is 0 Å². The molecule has 0 amide bonds. The average Bonchev–Trinajstić information content (AvgIpc) is 2.64. The summed E-state index contributed by atoms with van der Waals surface area (Å²) in [6.45, 7) is 2.73. The van der Waals surface area contributed by atoms with Crippen LogP contribution in [0.3, 0.4) is 0 Å². The molecule has 0 saturated carbocycles. The van der Waals surface area contributed by atoms with Crippen molar-refractivity contribution in [3.8, 4) is 0 Å². The van der Waals surface area contributed by atoms with Crippen LogP contribution < -0.4 is 0 Å². The third kappa shape index (κ3) is 4.21. The van der Waals surface area contributed by atoms with Crippen molar-refractivity contribution in [1.29, 1.82) is 0 Å². The molecule has 1 aromatic heterocycles. The minimum absolute atomic E-state index is 0.157. The highest BCUT2D eigenvalue weighted by Crippen LogP contribution is 2.22. The highest BCUT2D eigenvalue weighted by molar-refractivity contribution is 5.05. The van der Waals surface area contributed by atoms with Gasteiger partial charge in [-0.25, -0.2) is 9.97 Å². The van der Waals surface area contributed by atoms with Crippen molar-refractivity contribution in [3.05, 3.63) is 23.8 Å². The number of aliphatic hydroxyl groups excluding tert-OH is 1. The molecule has 0 bridgehead atoms. The number of nitrogens with zero attached hydrogens (tertiary/aromatic N) is 3. The monoisotopic (exact) mass is 281 g/mol. The lowest BCUT2D eigenvalue weighted by atomic mass is 9.96. The number of ether oxygens (including phenoxy) is 1. The lowest BCUT2D eigenvalue weighted by Gasteiger charge is -2.24. The number of likely N-dealkylation sites (tertiary alicyclic amines) is 1. The summed E-state index contributed by atoms with van der Waals surface area (Å²) in [5.41, 5.74) is 0.146. The Morgan fingerprint density at radius 2 is 2.05 bits per heavy atom. The summed E-state index contributed by atoms with van der Waals surface area (Å²) in [6, 6.07) is 0. The van der Waals surface area contributed by atoms with E-state index in [0.29, 0.717) is 25.3 Å². The van der Waals surface area contributed by atoms with E-state index in [4.69, 9.17) is 4.74 Å². The number of hydrogen-bond donors (Lipinski definition) is 2. The lowest BCUT2D eigenvalue weighted by molar-refractivity contribution is -0.0255. The van der Waals surface area contributed by atoms with Crippen LogP contribution in [-0.4, -0.2) is 57.5 Å². The molecule has 1 aliphatic heterocycles. The van der Waals surface area contributed by atoms with Crippen LogP contribution in [0.1, 0.15) is 30.7 Å². The van der Waals surface area contributed by atoms with Crippen molar-refractivity contribution in [2.45, 2.75) is 38.0 Å². The average molecular weight is 281 g/mol. The zero-order chi connectivity index (χ0) is 14.4. The summed E-state index contributed by atoms with van der Waals surface area (Å²) < 4.78 is 4.98. The molecule has 1 saturated heterocycles. The topological polar surface area (TPSA) is 78.7 Å². The smallest absolute Gasteiger partial charge is 0.153 e.